The maximum atomic E-state index is 12.6. The fourth-order valence-corrected chi connectivity index (χ4v) is 3.66. The highest BCUT2D eigenvalue weighted by molar-refractivity contribution is 5.92. The number of nitrogens with one attached hydrogen (secondary N) is 2. The van der Waals surface area contributed by atoms with E-state index < -0.39 is 0 Å². The molecule has 2 N–H and O–H groups in total. The molecule has 1 fully saturated rings. The third-order valence-corrected chi connectivity index (χ3v) is 5.33. The van der Waals surface area contributed by atoms with Gasteiger partial charge in [0.2, 0.25) is 11.9 Å². The Morgan fingerprint density at radius 2 is 2.06 bits per heavy atom. The number of carbonyl (C=O) groups excluding carboxylic acids is 1. The molecule has 0 aliphatic carbocycles. The SMILES string of the molecule is Cc1nc(N2CCOCC2)[nH]c(=O)c1CCC(=O)Nc1cnc2c(cnn2C(C)C)c1. The van der Waals surface area contributed by atoms with E-state index in [1.807, 2.05) is 29.5 Å². The van der Waals surface area contributed by atoms with Gasteiger partial charge in [-0.2, -0.15) is 5.10 Å². The molecule has 3 aromatic heterocycles. The highest BCUT2D eigenvalue weighted by Gasteiger charge is 2.17. The van der Waals surface area contributed by atoms with Gasteiger partial charge in [0.1, 0.15) is 0 Å². The summed E-state index contributed by atoms with van der Waals surface area (Å²) in [5, 5.41) is 8.05. The van der Waals surface area contributed by atoms with Gasteiger partial charge in [-0.05, 0) is 33.3 Å². The first-order chi connectivity index (χ1) is 14.9. The summed E-state index contributed by atoms with van der Waals surface area (Å²) >= 11 is 0. The topological polar surface area (TPSA) is 118 Å². The molecule has 164 valence electrons. The van der Waals surface area contributed by atoms with Crippen LogP contribution in [0.4, 0.5) is 11.6 Å². The first kappa shape index (κ1) is 21.0. The van der Waals surface area contributed by atoms with Crippen molar-refractivity contribution in [3.8, 4) is 0 Å². The standard InChI is InChI=1S/C21H27N7O3/c1-13(2)28-19-15(11-23-28)10-16(12-22-19)25-18(29)5-4-17-14(3)24-21(26-20(17)30)27-6-8-31-9-7-27/h10-13H,4-9H2,1-3H3,(H,25,29)(H,24,26,30). The first-order valence-corrected chi connectivity index (χ1v) is 10.5. The Morgan fingerprint density at radius 3 is 2.77 bits per heavy atom. The monoisotopic (exact) mass is 425 g/mol. The van der Waals surface area contributed by atoms with Gasteiger partial charge >= 0.3 is 0 Å². The number of carbonyl (C=O) groups is 1. The van der Waals surface area contributed by atoms with Crippen LogP contribution in [0.25, 0.3) is 11.0 Å². The van der Waals surface area contributed by atoms with Crippen molar-refractivity contribution in [2.24, 2.45) is 0 Å². The number of ether oxygens (including phenoxy) is 1. The summed E-state index contributed by atoms with van der Waals surface area (Å²) < 4.78 is 7.18. The van der Waals surface area contributed by atoms with Crippen molar-refractivity contribution in [2.75, 3.05) is 36.5 Å². The Balaban J connectivity index is 1.40. The molecule has 1 aliphatic rings. The minimum Gasteiger partial charge on any atom is -0.378 e. The number of aryl methyl sites for hydroxylation is 1. The first-order valence-electron chi connectivity index (χ1n) is 10.5. The minimum atomic E-state index is -0.203. The predicted octanol–water partition coefficient (Wildman–Crippen LogP) is 1.81. The van der Waals surface area contributed by atoms with Crippen LogP contribution in [0.3, 0.4) is 0 Å². The maximum absolute atomic E-state index is 12.6. The molecule has 0 radical (unpaired) electrons. The zero-order chi connectivity index (χ0) is 22.0. The van der Waals surface area contributed by atoms with Crippen LogP contribution in [0, 0.1) is 6.92 Å². The molecule has 0 atom stereocenters. The summed E-state index contributed by atoms with van der Waals surface area (Å²) in [6, 6.07) is 2.05. The van der Waals surface area contributed by atoms with E-state index in [2.05, 4.69) is 25.4 Å². The van der Waals surface area contributed by atoms with Crippen molar-refractivity contribution in [1.82, 2.24) is 24.7 Å². The smallest absolute Gasteiger partial charge is 0.255 e. The molecule has 3 aromatic rings. The molecule has 0 aromatic carbocycles. The second kappa shape index (κ2) is 8.84. The van der Waals surface area contributed by atoms with E-state index in [0.29, 0.717) is 55.6 Å². The lowest BCUT2D eigenvalue weighted by Gasteiger charge is -2.27. The van der Waals surface area contributed by atoms with Gasteiger partial charge in [0.25, 0.3) is 5.56 Å². The van der Waals surface area contributed by atoms with E-state index in [0.717, 1.165) is 11.0 Å². The second-order valence-electron chi connectivity index (χ2n) is 7.92. The summed E-state index contributed by atoms with van der Waals surface area (Å²) in [4.78, 5) is 38.8. The molecule has 10 nitrogen and oxygen atoms in total. The number of hydrogen-bond acceptors (Lipinski definition) is 7. The molecule has 1 amide bonds. The molecule has 0 saturated carbocycles. The zero-order valence-electron chi connectivity index (χ0n) is 18.0. The Morgan fingerprint density at radius 1 is 1.29 bits per heavy atom. The lowest BCUT2D eigenvalue weighted by molar-refractivity contribution is -0.116. The number of anilines is 2. The van der Waals surface area contributed by atoms with Gasteiger partial charge in [-0.15, -0.1) is 0 Å². The van der Waals surface area contributed by atoms with Crippen LogP contribution in [0.2, 0.25) is 0 Å². The lowest BCUT2D eigenvalue weighted by Crippen LogP contribution is -2.38. The third-order valence-electron chi connectivity index (χ3n) is 5.33. The van der Waals surface area contributed by atoms with Crippen LogP contribution >= 0.6 is 0 Å². The van der Waals surface area contributed by atoms with E-state index in [4.69, 9.17) is 4.74 Å². The van der Waals surface area contributed by atoms with Crippen molar-refractivity contribution >= 4 is 28.6 Å². The molecule has 0 unspecified atom stereocenters. The van der Waals surface area contributed by atoms with Gasteiger partial charge in [0.15, 0.2) is 5.65 Å². The van der Waals surface area contributed by atoms with Gasteiger partial charge in [-0.3, -0.25) is 14.6 Å². The number of hydrogen-bond donors (Lipinski definition) is 2. The zero-order valence-corrected chi connectivity index (χ0v) is 18.0. The molecule has 4 heterocycles. The van der Waals surface area contributed by atoms with E-state index in [-0.39, 0.29) is 23.9 Å². The average molecular weight is 425 g/mol. The number of aromatic nitrogens is 5. The lowest BCUT2D eigenvalue weighted by atomic mass is 10.1. The number of H-pyrrole nitrogens is 1. The minimum absolute atomic E-state index is 0.172. The van der Waals surface area contributed by atoms with Gasteiger partial charge < -0.3 is 15.0 Å². The van der Waals surface area contributed by atoms with Crippen molar-refractivity contribution < 1.29 is 9.53 Å². The van der Waals surface area contributed by atoms with E-state index in [1.165, 1.54) is 0 Å². The predicted molar refractivity (Wildman–Crippen MR) is 117 cm³/mol. The number of aromatic amines is 1. The highest BCUT2D eigenvalue weighted by atomic mass is 16.5. The van der Waals surface area contributed by atoms with Crippen molar-refractivity contribution in [3.05, 3.63) is 40.1 Å². The van der Waals surface area contributed by atoms with Gasteiger partial charge in [-0.25, -0.2) is 14.6 Å². The third kappa shape index (κ3) is 4.58. The number of amides is 1. The van der Waals surface area contributed by atoms with Crippen LogP contribution in [-0.2, 0) is 16.0 Å². The number of nitrogens with zero attached hydrogens (tertiary/aromatic N) is 5. The molecule has 0 bridgehead atoms. The van der Waals surface area contributed by atoms with Gasteiger partial charge in [0.05, 0.1) is 31.3 Å². The van der Waals surface area contributed by atoms with Gasteiger partial charge in [0, 0.05) is 42.2 Å². The van der Waals surface area contributed by atoms with Crippen LogP contribution in [-0.4, -0.2) is 56.9 Å². The quantitative estimate of drug-likeness (QED) is 0.618. The van der Waals surface area contributed by atoms with Crippen molar-refractivity contribution in [2.45, 2.75) is 39.7 Å². The Hall–Kier alpha value is -3.27. The molecule has 4 rings (SSSR count). The molecule has 1 aliphatic heterocycles. The summed E-state index contributed by atoms with van der Waals surface area (Å²) in [5.41, 5.74) is 2.35. The number of fused-ring (bicyclic) bond motifs is 1. The fourth-order valence-electron chi connectivity index (χ4n) is 3.66. The average Bonchev–Trinajstić information content (AvgIpc) is 3.17. The van der Waals surface area contributed by atoms with E-state index in [9.17, 15) is 9.59 Å². The van der Waals surface area contributed by atoms with Gasteiger partial charge in [-0.1, -0.05) is 0 Å². The molecule has 1 saturated heterocycles. The Bertz CT molecular complexity index is 1150. The number of morpholine rings is 1. The second-order valence-corrected chi connectivity index (χ2v) is 7.92. The van der Waals surface area contributed by atoms with Crippen LogP contribution in [0.5, 0.6) is 0 Å². The van der Waals surface area contributed by atoms with Crippen molar-refractivity contribution in [3.63, 3.8) is 0 Å². The Kier molecular flexibility index (Phi) is 5.99. The summed E-state index contributed by atoms with van der Waals surface area (Å²) in [7, 11) is 0. The number of pyridine rings is 1. The van der Waals surface area contributed by atoms with E-state index in [1.54, 1.807) is 19.3 Å². The fraction of sp³-hybridized carbons (Fsp3) is 0.476. The van der Waals surface area contributed by atoms with E-state index >= 15 is 0 Å². The van der Waals surface area contributed by atoms with Crippen LogP contribution in [0.15, 0.2) is 23.3 Å². The summed E-state index contributed by atoms with van der Waals surface area (Å²) in [6.07, 6.45) is 3.84. The molecule has 0 spiro atoms. The normalized spacial score (nSPS) is 14.4. The Labute approximate surface area is 179 Å². The van der Waals surface area contributed by atoms with Crippen LogP contribution in [0.1, 0.15) is 37.6 Å². The number of rotatable bonds is 6. The largest absolute Gasteiger partial charge is 0.378 e. The molecular formula is C21H27N7O3. The van der Waals surface area contributed by atoms with Crippen molar-refractivity contribution in [1.29, 1.82) is 0 Å². The summed E-state index contributed by atoms with van der Waals surface area (Å²) in [6.45, 7) is 8.49. The molecule has 10 heteroatoms. The summed E-state index contributed by atoms with van der Waals surface area (Å²) in [5.74, 6) is 0.369. The molecular weight excluding hydrogens is 398 g/mol. The maximum Gasteiger partial charge on any atom is 0.255 e. The highest BCUT2D eigenvalue weighted by Crippen LogP contribution is 2.19. The van der Waals surface area contributed by atoms with Crippen LogP contribution < -0.4 is 15.8 Å². The molecule has 31 heavy (non-hydrogen) atoms.